The summed E-state index contributed by atoms with van der Waals surface area (Å²) in [6.45, 7) is 0.927. The molecule has 0 aliphatic heterocycles. The van der Waals surface area contributed by atoms with Crippen molar-refractivity contribution in [2.45, 2.75) is 32.1 Å². The standard InChI is InChI=1S/C9H15F3N4O/c1-17-5-4-16-7(2-3-9(10,11)12)14-15-8(16)6-13/h2-6,13H2,1H3. The van der Waals surface area contributed by atoms with E-state index in [9.17, 15) is 13.2 Å². The molecule has 17 heavy (non-hydrogen) atoms. The molecule has 0 saturated carbocycles. The summed E-state index contributed by atoms with van der Waals surface area (Å²) in [5.41, 5.74) is 5.43. The van der Waals surface area contributed by atoms with Gasteiger partial charge in [-0.1, -0.05) is 0 Å². The molecule has 0 saturated heterocycles. The molecule has 0 bridgehead atoms. The molecule has 0 amide bonds. The minimum atomic E-state index is -4.19. The van der Waals surface area contributed by atoms with Crippen LogP contribution in [-0.2, 0) is 24.2 Å². The SMILES string of the molecule is COCCn1c(CN)nnc1CCC(F)(F)F. The minimum absolute atomic E-state index is 0.142. The number of rotatable bonds is 6. The van der Waals surface area contributed by atoms with Crippen molar-refractivity contribution in [3.63, 3.8) is 0 Å². The first kappa shape index (κ1) is 13.9. The Morgan fingerprint density at radius 3 is 2.47 bits per heavy atom. The van der Waals surface area contributed by atoms with Gasteiger partial charge in [0.05, 0.1) is 19.6 Å². The summed E-state index contributed by atoms with van der Waals surface area (Å²) in [4.78, 5) is 0. The van der Waals surface area contributed by atoms with E-state index < -0.39 is 12.6 Å². The molecule has 0 spiro atoms. The van der Waals surface area contributed by atoms with E-state index in [1.807, 2.05) is 0 Å². The van der Waals surface area contributed by atoms with E-state index in [1.54, 1.807) is 4.57 Å². The van der Waals surface area contributed by atoms with Crippen molar-refractivity contribution in [2.24, 2.45) is 5.73 Å². The molecule has 0 aliphatic rings. The predicted molar refractivity (Wildman–Crippen MR) is 54.2 cm³/mol. The number of ether oxygens (including phenoxy) is 1. The minimum Gasteiger partial charge on any atom is -0.383 e. The van der Waals surface area contributed by atoms with Crippen LogP contribution in [0.5, 0.6) is 0 Å². The number of nitrogens with zero attached hydrogens (tertiary/aromatic N) is 3. The zero-order chi connectivity index (χ0) is 12.9. The molecular formula is C9H15F3N4O. The normalized spacial score (nSPS) is 12.1. The molecule has 1 aromatic heterocycles. The molecule has 8 heteroatoms. The number of hydrogen-bond acceptors (Lipinski definition) is 4. The summed E-state index contributed by atoms with van der Waals surface area (Å²) < 4.78 is 42.8. The summed E-state index contributed by atoms with van der Waals surface area (Å²) in [5.74, 6) is 0.763. The number of nitrogens with two attached hydrogens (primary N) is 1. The lowest BCUT2D eigenvalue weighted by molar-refractivity contribution is -0.134. The van der Waals surface area contributed by atoms with Crippen molar-refractivity contribution in [1.29, 1.82) is 0 Å². The van der Waals surface area contributed by atoms with Crippen LogP contribution in [0.2, 0.25) is 0 Å². The van der Waals surface area contributed by atoms with Crippen LogP contribution < -0.4 is 5.73 Å². The maximum absolute atomic E-state index is 12.1. The lowest BCUT2D eigenvalue weighted by Gasteiger charge is -2.10. The van der Waals surface area contributed by atoms with Crippen LogP contribution in [0.15, 0.2) is 0 Å². The highest BCUT2D eigenvalue weighted by atomic mass is 19.4. The highest BCUT2D eigenvalue weighted by Gasteiger charge is 2.28. The average molecular weight is 252 g/mol. The summed E-state index contributed by atoms with van der Waals surface area (Å²) >= 11 is 0. The van der Waals surface area contributed by atoms with Gasteiger partial charge >= 0.3 is 6.18 Å². The van der Waals surface area contributed by atoms with Crippen molar-refractivity contribution < 1.29 is 17.9 Å². The fourth-order valence-electron chi connectivity index (χ4n) is 1.40. The predicted octanol–water partition coefficient (Wildman–Crippen LogP) is 0.878. The van der Waals surface area contributed by atoms with Gasteiger partial charge in [0.1, 0.15) is 11.6 Å². The third-order valence-corrected chi connectivity index (χ3v) is 2.24. The maximum Gasteiger partial charge on any atom is 0.389 e. The Bertz CT molecular complexity index is 351. The Kier molecular flexibility index (Phi) is 4.88. The van der Waals surface area contributed by atoms with Gasteiger partial charge in [0.25, 0.3) is 0 Å². The summed E-state index contributed by atoms with van der Waals surface area (Å²) in [5, 5.41) is 7.47. The van der Waals surface area contributed by atoms with Crippen molar-refractivity contribution >= 4 is 0 Å². The fourth-order valence-corrected chi connectivity index (χ4v) is 1.40. The number of methoxy groups -OCH3 is 1. The first-order valence-corrected chi connectivity index (χ1v) is 5.14. The Labute approximate surface area is 96.8 Å². The quantitative estimate of drug-likeness (QED) is 0.816. The van der Waals surface area contributed by atoms with Gasteiger partial charge in [-0.2, -0.15) is 13.2 Å². The Morgan fingerprint density at radius 2 is 1.94 bits per heavy atom. The fraction of sp³-hybridized carbons (Fsp3) is 0.778. The molecule has 5 nitrogen and oxygen atoms in total. The topological polar surface area (TPSA) is 66.0 Å². The number of hydrogen-bond donors (Lipinski definition) is 1. The zero-order valence-electron chi connectivity index (χ0n) is 9.50. The van der Waals surface area contributed by atoms with Crippen molar-refractivity contribution in [2.75, 3.05) is 13.7 Å². The highest BCUT2D eigenvalue weighted by Crippen LogP contribution is 2.21. The number of halogens is 3. The Balaban J connectivity index is 2.73. The highest BCUT2D eigenvalue weighted by molar-refractivity contribution is 4.96. The molecule has 0 aromatic carbocycles. The van der Waals surface area contributed by atoms with Gasteiger partial charge in [-0.15, -0.1) is 10.2 Å². The Hall–Kier alpha value is -1.15. The van der Waals surface area contributed by atoms with E-state index in [2.05, 4.69) is 10.2 Å². The van der Waals surface area contributed by atoms with Crippen LogP contribution in [0.1, 0.15) is 18.1 Å². The molecule has 0 atom stereocenters. The molecule has 1 aromatic rings. The van der Waals surface area contributed by atoms with E-state index in [-0.39, 0.29) is 13.0 Å². The maximum atomic E-state index is 12.1. The third kappa shape index (κ3) is 4.31. The van der Waals surface area contributed by atoms with Gasteiger partial charge in [-0.25, -0.2) is 0 Å². The van der Waals surface area contributed by atoms with E-state index in [4.69, 9.17) is 10.5 Å². The van der Waals surface area contributed by atoms with E-state index >= 15 is 0 Å². The average Bonchev–Trinajstić information content (AvgIpc) is 2.64. The molecule has 1 rings (SSSR count). The second-order valence-electron chi connectivity index (χ2n) is 3.50. The van der Waals surface area contributed by atoms with Crippen LogP contribution in [0.25, 0.3) is 0 Å². The van der Waals surface area contributed by atoms with E-state index in [0.717, 1.165) is 0 Å². The van der Waals surface area contributed by atoms with Crippen molar-refractivity contribution in [3.05, 3.63) is 11.6 Å². The second kappa shape index (κ2) is 5.97. The van der Waals surface area contributed by atoms with Gasteiger partial charge < -0.3 is 15.0 Å². The van der Waals surface area contributed by atoms with Gasteiger partial charge in [0.2, 0.25) is 0 Å². The monoisotopic (exact) mass is 252 g/mol. The van der Waals surface area contributed by atoms with Crippen LogP contribution >= 0.6 is 0 Å². The smallest absolute Gasteiger partial charge is 0.383 e. The third-order valence-electron chi connectivity index (χ3n) is 2.24. The first-order valence-electron chi connectivity index (χ1n) is 5.14. The lowest BCUT2D eigenvalue weighted by Crippen LogP contribution is -2.16. The van der Waals surface area contributed by atoms with Crippen LogP contribution in [0.3, 0.4) is 0 Å². The molecule has 0 radical (unpaired) electrons. The molecule has 0 aliphatic carbocycles. The number of aromatic nitrogens is 3. The van der Waals surface area contributed by atoms with E-state index in [1.165, 1.54) is 7.11 Å². The number of aryl methyl sites for hydroxylation is 1. The zero-order valence-corrected chi connectivity index (χ0v) is 9.50. The molecule has 0 fully saturated rings. The van der Waals surface area contributed by atoms with Gasteiger partial charge in [0, 0.05) is 20.1 Å². The van der Waals surface area contributed by atoms with Crippen molar-refractivity contribution in [3.8, 4) is 0 Å². The van der Waals surface area contributed by atoms with E-state index in [0.29, 0.717) is 24.8 Å². The molecule has 1 heterocycles. The number of alkyl halides is 3. The summed E-state index contributed by atoms with van der Waals surface area (Å²) in [7, 11) is 1.52. The van der Waals surface area contributed by atoms with Gasteiger partial charge in [-0.05, 0) is 0 Å². The van der Waals surface area contributed by atoms with Gasteiger partial charge in [0.15, 0.2) is 0 Å². The van der Waals surface area contributed by atoms with Gasteiger partial charge in [-0.3, -0.25) is 0 Å². The van der Waals surface area contributed by atoms with Crippen LogP contribution in [-0.4, -0.2) is 34.7 Å². The first-order chi connectivity index (χ1) is 7.98. The molecule has 0 unspecified atom stereocenters. The lowest BCUT2D eigenvalue weighted by atomic mass is 10.3. The van der Waals surface area contributed by atoms with Crippen LogP contribution in [0.4, 0.5) is 13.2 Å². The summed E-state index contributed by atoms with van der Waals surface area (Å²) in [6, 6.07) is 0. The van der Waals surface area contributed by atoms with Crippen LogP contribution in [0, 0.1) is 0 Å². The second-order valence-corrected chi connectivity index (χ2v) is 3.50. The Morgan fingerprint density at radius 1 is 1.29 bits per heavy atom. The molecule has 2 N–H and O–H groups in total. The summed E-state index contributed by atoms with van der Waals surface area (Å²) in [6.07, 6.45) is -5.30. The molecular weight excluding hydrogens is 237 g/mol. The molecule has 98 valence electrons. The van der Waals surface area contributed by atoms with Crippen molar-refractivity contribution in [1.82, 2.24) is 14.8 Å². The largest absolute Gasteiger partial charge is 0.389 e.